The number of pyridine rings is 1. The molecule has 0 bridgehead atoms. The molecule has 0 spiro atoms. The average Bonchev–Trinajstić information content (AvgIpc) is 2.45. The van der Waals surface area contributed by atoms with Gasteiger partial charge in [-0.1, -0.05) is 31.4 Å². The lowest BCUT2D eigenvalue weighted by Gasteiger charge is -2.45. The number of rotatable bonds is 5. The predicted octanol–water partition coefficient (Wildman–Crippen LogP) is 2.76. The molecular weight excluding hydrogens is 300 g/mol. The summed E-state index contributed by atoms with van der Waals surface area (Å²) < 4.78 is 0. The molecular formula is C16H25ClN4O. The van der Waals surface area contributed by atoms with Crippen molar-refractivity contribution in [3.63, 3.8) is 0 Å². The second-order valence-corrected chi connectivity index (χ2v) is 7.00. The predicted molar refractivity (Wildman–Crippen MR) is 90.3 cm³/mol. The molecule has 5 nitrogen and oxygen atoms in total. The van der Waals surface area contributed by atoms with E-state index in [2.05, 4.69) is 36.2 Å². The number of anilines is 1. The average molecular weight is 325 g/mol. The van der Waals surface area contributed by atoms with E-state index in [1.165, 1.54) is 19.0 Å². The van der Waals surface area contributed by atoms with Crippen LogP contribution in [0.5, 0.6) is 0 Å². The van der Waals surface area contributed by atoms with Gasteiger partial charge in [-0.2, -0.15) is 0 Å². The molecule has 1 aliphatic carbocycles. The lowest BCUT2D eigenvalue weighted by molar-refractivity contribution is 0.0881. The number of nitrogens with two attached hydrogens (primary N) is 1. The lowest BCUT2D eigenvalue weighted by atomic mass is 9.75. The molecule has 1 fully saturated rings. The van der Waals surface area contributed by atoms with E-state index in [1.54, 1.807) is 6.07 Å². The molecule has 1 aromatic heterocycles. The zero-order valence-electron chi connectivity index (χ0n) is 13.5. The minimum atomic E-state index is -0.521. The number of nitrogens with zero attached hydrogens (tertiary/aromatic N) is 2. The highest BCUT2D eigenvalue weighted by atomic mass is 35.5. The third-order valence-electron chi connectivity index (χ3n) is 4.73. The highest BCUT2D eigenvalue weighted by Crippen LogP contribution is 2.36. The van der Waals surface area contributed by atoms with Crippen LogP contribution in [0.1, 0.15) is 43.0 Å². The summed E-state index contributed by atoms with van der Waals surface area (Å²) in [7, 11) is 4.26. The number of likely N-dealkylation sites (N-methyl/N-ethyl adjacent to an activating group) is 1. The molecule has 122 valence electrons. The first kappa shape index (κ1) is 17.0. The van der Waals surface area contributed by atoms with Crippen molar-refractivity contribution in [2.24, 2.45) is 11.7 Å². The fourth-order valence-corrected chi connectivity index (χ4v) is 3.54. The van der Waals surface area contributed by atoms with Gasteiger partial charge >= 0.3 is 0 Å². The minimum Gasteiger partial charge on any atom is -0.367 e. The second-order valence-electron chi connectivity index (χ2n) is 6.59. The van der Waals surface area contributed by atoms with Crippen molar-refractivity contribution < 1.29 is 4.79 Å². The monoisotopic (exact) mass is 324 g/mol. The molecule has 1 saturated carbocycles. The molecule has 22 heavy (non-hydrogen) atoms. The Morgan fingerprint density at radius 1 is 1.59 bits per heavy atom. The van der Waals surface area contributed by atoms with Gasteiger partial charge in [-0.15, -0.1) is 0 Å². The standard InChI is InChI=1S/C16H25ClN4O/c1-11-5-4-6-16(8-11,21(2)3)10-20-15-13(17)7-12(9-19-15)14(18)22/h7,9,11H,4-6,8,10H2,1-3H3,(H2,18,22)(H,19,20). The van der Waals surface area contributed by atoms with Crippen molar-refractivity contribution in [3.05, 3.63) is 22.8 Å². The summed E-state index contributed by atoms with van der Waals surface area (Å²) in [4.78, 5) is 17.7. The number of halogens is 1. The van der Waals surface area contributed by atoms with Gasteiger partial charge in [0.1, 0.15) is 5.82 Å². The number of nitrogens with one attached hydrogen (secondary N) is 1. The van der Waals surface area contributed by atoms with E-state index in [0.29, 0.717) is 16.4 Å². The van der Waals surface area contributed by atoms with Crippen molar-refractivity contribution in [1.29, 1.82) is 0 Å². The largest absolute Gasteiger partial charge is 0.367 e. The van der Waals surface area contributed by atoms with Gasteiger partial charge in [0.05, 0.1) is 10.6 Å². The summed E-state index contributed by atoms with van der Waals surface area (Å²) in [6.45, 7) is 3.09. The van der Waals surface area contributed by atoms with E-state index < -0.39 is 5.91 Å². The molecule has 6 heteroatoms. The first-order valence-corrected chi connectivity index (χ1v) is 8.08. The number of carbonyl (C=O) groups is 1. The van der Waals surface area contributed by atoms with Crippen molar-refractivity contribution in [2.75, 3.05) is 26.0 Å². The fraction of sp³-hybridized carbons (Fsp3) is 0.625. The third kappa shape index (κ3) is 3.70. The number of primary amides is 1. The molecule has 0 saturated heterocycles. The van der Waals surface area contributed by atoms with E-state index >= 15 is 0 Å². The Morgan fingerprint density at radius 3 is 2.86 bits per heavy atom. The van der Waals surface area contributed by atoms with E-state index in [-0.39, 0.29) is 5.54 Å². The van der Waals surface area contributed by atoms with E-state index in [9.17, 15) is 4.79 Å². The molecule has 2 atom stereocenters. The molecule has 0 aromatic carbocycles. The summed E-state index contributed by atoms with van der Waals surface area (Å²) in [5, 5.41) is 3.78. The number of hydrogen-bond donors (Lipinski definition) is 2. The van der Waals surface area contributed by atoms with Gasteiger partial charge in [0.2, 0.25) is 5.91 Å². The van der Waals surface area contributed by atoms with Crippen LogP contribution in [-0.4, -0.2) is 42.0 Å². The summed E-state index contributed by atoms with van der Waals surface area (Å²) >= 11 is 6.20. The molecule has 0 radical (unpaired) electrons. The lowest BCUT2D eigenvalue weighted by Crippen LogP contribution is -2.52. The van der Waals surface area contributed by atoms with Gasteiger partial charge < -0.3 is 16.0 Å². The first-order valence-electron chi connectivity index (χ1n) is 7.71. The van der Waals surface area contributed by atoms with Crippen LogP contribution < -0.4 is 11.1 Å². The van der Waals surface area contributed by atoms with Crippen LogP contribution in [0.3, 0.4) is 0 Å². The fourth-order valence-electron chi connectivity index (χ4n) is 3.31. The molecule has 1 amide bonds. The Balaban J connectivity index is 2.11. The summed E-state index contributed by atoms with van der Waals surface area (Å²) in [6.07, 6.45) is 6.31. The Kier molecular flexibility index (Phi) is 5.29. The summed E-state index contributed by atoms with van der Waals surface area (Å²) in [5.74, 6) is 0.802. The van der Waals surface area contributed by atoms with Gasteiger partial charge in [0, 0.05) is 18.3 Å². The Morgan fingerprint density at radius 2 is 2.32 bits per heavy atom. The van der Waals surface area contributed by atoms with Crippen LogP contribution >= 0.6 is 11.6 Å². The Bertz CT molecular complexity index is 549. The zero-order chi connectivity index (χ0) is 16.3. The van der Waals surface area contributed by atoms with Crippen LogP contribution in [0.4, 0.5) is 5.82 Å². The normalized spacial score (nSPS) is 25.2. The Hall–Kier alpha value is -1.33. The highest BCUT2D eigenvalue weighted by Gasteiger charge is 2.36. The molecule has 0 aliphatic heterocycles. The molecule has 2 unspecified atom stereocenters. The van der Waals surface area contributed by atoms with Gasteiger partial charge in [-0.05, 0) is 38.9 Å². The van der Waals surface area contributed by atoms with Crippen LogP contribution in [0.2, 0.25) is 5.02 Å². The topological polar surface area (TPSA) is 71.2 Å². The third-order valence-corrected chi connectivity index (χ3v) is 5.01. The Labute approximate surface area is 137 Å². The molecule has 3 N–H and O–H groups in total. The van der Waals surface area contributed by atoms with Crippen LogP contribution in [0.15, 0.2) is 12.3 Å². The van der Waals surface area contributed by atoms with Crippen LogP contribution in [0.25, 0.3) is 0 Å². The van der Waals surface area contributed by atoms with Crippen molar-refractivity contribution in [1.82, 2.24) is 9.88 Å². The van der Waals surface area contributed by atoms with E-state index in [1.807, 2.05) is 0 Å². The number of amides is 1. The van der Waals surface area contributed by atoms with Crippen LogP contribution in [-0.2, 0) is 0 Å². The van der Waals surface area contributed by atoms with Crippen molar-refractivity contribution >= 4 is 23.3 Å². The maximum Gasteiger partial charge on any atom is 0.250 e. The maximum absolute atomic E-state index is 11.1. The molecule has 1 aliphatic rings. The summed E-state index contributed by atoms with van der Waals surface area (Å²) in [5.41, 5.74) is 5.67. The smallest absolute Gasteiger partial charge is 0.250 e. The van der Waals surface area contributed by atoms with Gasteiger partial charge in [0.25, 0.3) is 0 Å². The van der Waals surface area contributed by atoms with Crippen molar-refractivity contribution in [2.45, 2.75) is 38.1 Å². The van der Waals surface area contributed by atoms with Crippen molar-refractivity contribution in [3.8, 4) is 0 Å². The van der Waals surface area contributed by atoms with E-state index in [0.717, 1.165) is 25.3 Å². The SMILES string of the molecule is CC1CCCC(CNc2ncc(C(N)=O)cc2Cl)(N(C)C)C1. The van der Waals surface area contributed by atoms with Gasteiger partial charge in [0.15, 0.2) is 0 Å². The zero-order valence-corrected chi connectivity index (χ0v) is 14.3. The summed E-state index contributed by atoms with van der Waals surface area (Å²) in [6, 6.07) is 1.56. The molecule has 2 rings (SSSR count). The first-order chi connectivity index (χ1) is 10.3. The molecule has 1 heterocycles. The second kappa shape index (κ2) is 6.84. The van der Waals surface area contributed by atoms with E-state index in [4.69, 9.17) is 17.3 Å². The number of hydrogen-bond acceptors (Lipinski definition) is 4. The number of carbonyl (C=O) groups excluding carboxylic acids is 1. The quantitative estimate of drug-likeness (QED) is 0.873. The van der Waals surface area contributed by atoms with Gasteiger partial charge in [-0.3, -0.25) is 4.79 Å². The maximum atomic E-state index is 11.1. The number of aromatic nitrogens is 1. The van der Waals surface area contributed by atoms with Gasteiger partial charge in [-0.25, -0.2) is 4.98 Å². The van der Waals surface area contributed by atoms with Crippen LogP contribution in [0, 0.1) is 5.92 Å². The highest BCUT2D eigenvalue weighted by molar-refractivity contribution is 6.33. The molecule has 1 aromatic rings. The minimum absolute atomic E-state index is 0.116.